The van der Waals surface area contributed by atoms with Gasteiger partial charge in [0, 0.05) is 20.1 Å². The SMILES string of the molecule is COc1ccc(CN(C)C(=O)CN2CCc3cc(OC)c(OC)cc3C2c2ccccc2)cc1. The number of hydrogen-bond acceptors (Lipinski definition) is 5. The molecule has 0 spiro atoms. The van der Waals surface area contributed by atoms with Crippen molar-refractivity contribution in [3.63, 3.8) is 0 Å². The first-order chi connectivity index (χ1) is 16.5. The third-order valence-corrected chi connectivity index (χ3v) is 6.43. The maximum absolute atomic E-state index is 13.3. The van der Waals surface area contributed by atoms with E-state index in [0.29, 0.717) is 18.8 Å². The highest BCUT2D eigenvalue weighted by molar-refractivity contribution is 5.78. The topological polar surface area (TPSA) is 51.2 Å². The molecule has 0 bridgehead atoms. The van der Waals surface area contributed by atoms with Crippen LogP contribution in [0.2, 0.25) is 0 Å². The lowest BCUT2D eigenvalue weighted by Gasteiger charge is -2.38. The largest absolute Gasteiger partial charge is 0.497 e. The molecule has 1 unspecified atom stereocenters. The zero-order valence-electron chi connectivity index (χ0n) is 20.3. The number of carbonyl (C=O) groups excluding carboxylic acids is 1. The Bertz CT molecular complexity index is 1120. The van der Waals surface area contributed by atoms with E-state index in [1.807, 2.05) is 49.5 Å². The minimum Gasteiger partial charge on any atom is -0.497 e. The Morgan fingerprint density at radius 2 is 1.62 bits per heavy atom. The molecule has 1 atom stereocenters. The van der Waals surface area contributed by atoms with Crippen LogP contribution in [0, 0.1) is 0 Å². The molecule has 3 aromatic carbocycles. The lowest BCUT2D eigenvalue weighted by Crippen LogP contribution is -2.43. The van der Waals surface area contributed by atoms with Crippen molar-refractivity contribution < 1.29 is 19.0 Å². The molecular formula is C28H32N2O4. The van der Waals surface area contributed by atoms with Gasteiger partial charge in [-0.25, -0.2) is 0 Å². The van der Waals surface area contributed by atoms with Gasteiger partial charge in [0.25, 0.3) is 0 Å². The van der Waals surface area contributed by atoms with Crippen molar-refractivity contribution in [2.24, 2.45) is 0 Å². The smallest absolute Gasteiger partial charge is 0.236 e. The normalized spacial score (nSPS) is 15.4. The molecule has 0 aliphatic carbocycles. The van der Waals surface area contributed by atoms with Crippen molar-refractivity contribution in [3.8, 4) is 17.2 Å². The Labute approximate surface area is 201 Å². The molecule has 6 heteroatoms. The van der Waals surface area contributed by atoms with Crippen molar-refractivity contribution >= 4 is 5.91 Å². The monoisotopic (exact) mass is 460 g/mol. The zero-order valence-corrected chi connectivity index (χ0v) is 20.3. The second-order valence-corrected chi connectivity index (χ2v) is 8.54. The maximum atomic E-state index is 13.3. The molecule has 1 aliphatic rings. The van der Waals surface area contributed by atoms with E-state index in [-0.39, 0.29) is 11.9 Å². The lowest BCUT2D eigenvalue weighted by atomic mass is 9.87. The highest BCUT2D eigenvalue weighted by Crippen LogP contribution is 2.40. The number of nitrogens with zero attached hydrogens (tertiary/aromatic N) is 2. The highest BCUT2D eigenvalue weighted by atomic mass is 16.5. The van der Waals surface area contributed by atoms with Crippen molar-refractivity contribution in [1.82, 2.24) is 9.80 Å². The molecule has 0 N–H and O–H groups in total. The number of methoxy groups -OCH3 is 3. The van der Waals surface area contributed by atoms with E-state index in [9.17, 15) is 4.79 Å². The van der Waals surface area contributed by atoms with E-state index < -0.39 is 0 Å². The van der Waals surface area contributed by atoms with Crippen LogP contribution in [0.5, 0.6) is 17.2 Å². The van der Waals surface area contributed by atoms with Crippen molar-refractivity contribution in [2.75, 3.05) is 41.5 Å². The Hall–Kier alpha value is -3.51. The number of ether oxygens (including phenoxy) is 3. The van der Waals surface area contributed by atoms with Gasteiger partial charge >= 0.3 is 0 Å². The minimum atomic E-state index is -0.0388. The average molecular weight is 461 g/mol. The standard InChI is InChI=1S/C28H32N2O4/c1-29(18-20-10-12-23(32-2)13-11-20)27(31)19-30-15-14-22-16-25(33-3)26(34-4)17-24(22)28(30)21-8-6-5-7-9-21/h5-13,16-17,28H,14-15,18-19H2,1-4H3. The summed E-state index contributed by atoms with van der Waals surface area (Å²) in [6.45, 7) is 1.67. The minimum absolute atomic E-state index is 0.0388. The first-order valence-electron chi connectivity index (χ1n) is 11.4. The van der Waals surface area contributed by atoms with Gasteiger partial charge in [-0.05, 0) is 52.9 Å². The maximum Gasteiger partial charge on any atom is 0.236 e. The van der Waals surface area contributed by atoms with Crippen LogP contribution in [-0.4, -0.2) is 57.2 Å². The van der Waals surface area contributed by atoms with Crippen LogP contribution in [0.3, 0.4) is 0 Å². The molecule has 0 aromatic heterocycles. The molecule has 0 radical (unpaired) electrons. The number of rotatable bonds is 8. The van der Waals surface area contributed by atoms with Gasteiger partial charge in [0.1, 0.15) is 5.75 Å². The summed E-state index contributed by atoms with van der Waals surface area (Å²) in [6, 6.07) is 22.2. The first kappa shape index (κ1) is 23.6. The molecule has 0 saturated carbocycles. The van der Waals surface area contributed by atoms with Crippen LogP contribution >= 0.6 is 0 Å². The number of hydrogen-bond donors (Lipinski definition) is 0. The van der Waals surface area contributed by atoms with Crippen molar-refractivity contribution in [3.05, 3.63) is 89.0 Å². The van der Waals surface area contributed by atoms with E-state index in [2.05, 4.69) is 29.2 Å². The molecular weight excluding hydrogens is 428 g/mol. The Morgan fingerprint density at radius 1 is 0.941 bits per heavy atom. The summed E-state index contributed by atoms with van der Waals surface area (Å²) in [5.74, 6) is 2.33. The lowest BCUT2D eigenvalue weighted by molar-refractivity contribution is -0.132. The Kier molecular flexibility index (Phi) is 7.38. The van der Waals surface area contributed by atoms with Crippen LogP contribution in [-0.2, 0) is 17.8 Å². The third kappa shape index (κ3) is 5.02. The van der Waals surface area contributed by atoms with E-state index in [4.69, 9.17) is 14.2 Å². The molecule has 178 valence electrons. The van der Waals surface area contributed by atoms with Crippen LogP contribution in [0.25, 0.3) is 0 Å². The Balaban J connectivity index is 1.58. The van der Waals surface area contributed by atoms with E-state index in [0.717, 1.165) is 41.2 Å². The number of likely N-dealkylation sites (N-methyl/N-ethyl adjacent to an activating group) is 1. The summed E-state index contributed by atoms with van der Waals surface area (Å²) >= 11 is 0. The summed E-state index contributed by atoms with van der Waals surface area (Å²) in [6.07, 6.45) is 0.842. The number of fused-ring (bicyclic) bond motifs is 1. The molecule has 1 amide bonds. The molecule has 6 nitrogen and oxygen atoms in total. The molecule has 34 heavy (non-hydrogen) atoms. The highest BCUT2D eigenvalue weighted by Gasteiger charge is 2.32. The summed E-state index contributed by atoms with van der Waals surface area (Å²) in [7, 11) is 6.82. The van der Waals surface area contributed by atoms with Gasteiger partial charge in [0.2, 0.25) is 5.91 Å². The fourth-order valence-corrected chi connectivity index (χ4v) is 4.58. The molecule has 3 aromatic rings. The summed E-state index contributed by atoms with van der Waals surface area (Å²) in [5.41, 5.74) is 4.60. The summed E-state index contributed by atoms with van der Waals surface area (Å²) in [5, 5.41) is 0. The fourth-order valence-electron chi connectivity index (χ4n) is 4.58. The predicted octanol–water partition coefficient (Wildman–Crippen LogP) is 4.32. The van der Waals surface area contributed by atoms with Gasteiger partial charge in [-0.1, -0.05) is 42.5 Å². The second kappa shape index (κ2) is 10.6. The molecule has 0 fully saturated rings. The van der Waals surface area contributed by atoms with Gasteiger partial charge in [-0.15, -0.1) is 0 Å². The van der Waals surface area contributed by atoms with Gasteiger partial charge < -0.3 is 19.1 Å². The summed E-state index contributed by atoms with van der Waals surface area (Å²) in [4.78, 5) is 17.3. The first-order valence-corrected chi connectivity index (χ1v) is 11.4. The third-order valence-electron chi connectivity index (χ3n) is 6.43. The van der Waals surface area contributed by atoms with Gasteiger partial charge in [-0.3, -0.25) is 9.69 Å². The van der Waals surface area contributed by atoms with E-state index in [1.165, 1.54) is 5.56 Å². The van der Waals surface area contributed by atoms with Crippen LogP contribution in [0.4, 0.5) is 0 Å². The van der Waals surface area contributed by atoms with E-state index >= 15 is 0 Å². The van der Waals surface area contributed by atoms with Gasteiger partial charge in [0.15, 0.2) is 11.5 Å². The summed E-state index contributed by atoms with van der Waals surface area (Å²) < 4.78 is 16.4. The Morgan fingerprint density at radius 3 is 2.26 bits per heavy atom. The van der Waals surface area contributed by atoms with Crippen LogP contribution < -0.4 is 14.2 Å². The predicted molar refractivity (Wildman–Crippen MR) is 133 cm³/mol. The van der Waals surface area contributed by atoms with Crippen molar-refractivity contribution in [2.45, 2.75) is 19.0 Å². The molecule has 1 aliphatic heterocycles. The van der Waals surface area contributed by atoms with Gasteiger partial charge in [-0.2, -0.15) is 0 Å². The molecule has 0 saturated heterocycles. The van der Waals surface area contributed by atoms with Crippen LogP contribution in [0.1, 0.15) is 28.3 Å². The molecule has 4 rings (SSSR count). The average Bonchev–Trinajstić information content (AvgIpc) is 2.88. The molecule has 1 heterocycles. The van der Waals surface area contributed by atoms with Crippen LogP contribution in [0.15, 0.2) is 66.7 Å². The van der Waals surface area contributed by atoms with Crippen molar-refractivity contribution in [1.29, 1.82) is 0 Å². The number of amides is 1. The van der Waals surface area contributed by atoms with Gasteiger partial charge in [0.05, 0.1) is 33.9 Å². The second-order valence-electron chi connectivity index (χ2n) is 8.54. The van der Waals surface area contributed by atoms with E-state index in [1.54, 1.807) is 26.2 Å². The number of benzene rings is 3. The fraction of sp³-hybridized carbons (Fsp3) is 0.321. The quantitative estimate of drug-likeness (QED) is 0.501. The number of carbonyl (C=O) groups is 1. The zero-order chi connectivity index (χ0) is 24.1.